The molecule has 0 saturated carbocycles. The van der Waals surface area contributed by atoms with Gasteiger partial charge < -0.3 is 19.5 Å². The molecular weight excluding hydrogens is 337 g/mol. The standard InChI is InChI=1S/C20H22FNO4/c1-13(14-5-9-16(21)10-6-14)22-18(23)12-8-15-7-11-17(24-2)20(26-4)19(15)25-3/h5-13H,1-4H3,(H,22,23)/b12-8+/t13-/m0/s1. The van der Waals surface area contributed by atoms with Gasteiger partial charge in [0.05, 0.1) is 27.4 Å². The van der Waals surface area contributed by atoms with Gasteiger partial charge in [-0.3, -0.25) is 4.79 Å². The Morgan fingerprint density at radius 1 is 1.00 bits per heavy atom. The third kappa shape index (κ3) is 4.53. The second kappa shape index (κ2) is 8.89. The highest BCUT2D eigenvalue weighted by molar-refractivity contribution is 5.92. The summed E-state index contributed by atoms with van der Waals surface area (Å²) < 4.78 is 28.9. The van der Waals surface area contributed by atoms with E-state index in [1.165, 1.54) is 39.5 Å². The van der Waals surface area contributed by atoms with Gasteiger partial charge in [0.15, 0.2) is 11.5 Å². The molecule has 0 spiro atoms. The van der Waals surface area contributed by atoms with Gasteiger partial charge in [0, 0.05) is 11.6 Å². The number of methoxy groups -OCH3 is 3. The predicted molar refractivity (Wildman–Crippen MR) is 98.1 cm³/mol. The van der Waals surface area contributed by atoms with E-state index in [-0.39, 0.29) is 17.8 Å². The Morgan fingerprint density at radius 2 is 1.65 bits per heavy atom. The van der Waals surface area contributed by atoms with Crippen molar-refractivity contribution in [2.45, 2.75) is 13.0 Å². The lowest BCUT2D eigenvalue weighted by atomic mass is 10.1. The molecule has 1 amide bonds. The number of carbonyl (C=O) groups is 1. The van der Waals surface area contributed by atoms with Crippen LogP contribution in [0.2, 0.25) is 0 Å². The lowest BCUT2D eigenvalue weighted by molar-refractivity contribution is -0.117. The summed E-state index contributed by atoms with van der Waals surface area (Å²) in [6.45, 7) is 1.83. The molecule has 0 aliphatic carbocycles. The minimum Gasteiger partial charge on any atom is -0.493 e. The molecule has 0 radical (unpaired) electrons. The van der Waals surface area contributed by atoms with Crippen molar-refractivity contribution in [3.05, 3.63) is 59.4 Å². The van der Waals surface area contributed by atoms with E-state index in [1.807, 2.05) is 6.92 Å². The number of hydrogen-bond acceptors (Lipinski definition) is 4. The number of ether oxygens (including phenoxy) is 3. The van der Waals surface area contributed by atoms with Gasteiger partial charge in [0.2, 0.25) is 11.7 Å². The number of carbonyl (C=O) groups excluding carboxylic acids is 1. The summed E-state index contributed by atoms with van der Waals surface area (Å²) in [4.78, 5) is 12.2. The van der Waals surface area contributed by atoms with E-state index in [9.17, 15) is 9.18 Å². The minimum absolute atomic E-state index is 0.250. The lowest BCUT2D eigenvalue weighted by Gasteiger charge is -2.14. The summed E-state index contributed by atoms with van der Waals surface area (Å²) in [5.74, 6) is 0.877. The fourth-order valence-corrected chi connectivity index (χ4v) is 2.52. The molecule has 26 heavy (non-hydrogen) atoms. The van der Waals surface area contributed by atoms with E-state index in [1.54, 1.807) is 30.3 Å². The molecule has 2 aromatic carbocycles. The van der Waals surface area contributed by atoms with Crippen molar-refractivity contribution in [3.8, 4) is 17.2 Å². The number of amides is 1. The average Bonchev–Trinajstić information content (AvgIpc) is 2.65. The smallest absolute Gasteiger partial charge is 0.244 e. The average molecular weight is 359 g/mol. The van der Waals surface area contributed by atoms with Crippen molar-refractivity contribution >= 4 is 12.0 Å². The molecule has 0 unspecified atom stereocenters. The Bertz CT molecular complexity index is 787. The normalized spacial score (nSPS) is 11.9. The topological polar surface area (TPSA) is 56.8 Å². The summed E-state index contributed by atoms with van der Waals surface area (Å²) in [5.41, 5.74) is 1.49. The molecular formula is C20H22FNO4. The van der Waals surface area contributed by atoms with Gasteiger partial charge in [0.25, 0.3) is 0 Å². The highest BCUT2D eigenvalue weighted by Crippen LogP contribution is 2.40. The highest BCUT2D eigenvalue weighted by atomic mass is 19.1. The first kappa shape index (κ1) is 19.3. The molecule has 0 saturated heterocycles. The highest BCUT2D eigenvalue weighted by Gasteiger charge is 2.14. The van der Waals surface area contributed by atoms with Crippen LogP contribution in [0, 0.1) is 5.82 Å². The van der Waals surface area contributed by atoms with Crippen LogP contribution in [0.25, 0.3) is 6.08 Å². The summed E-state index contributed by atoms with van der Waals surface area (Å²) >= 11 is 0. The van der Waals surface area contributed by atoms with E-state index >= 15 is 0 Å². The predicted octanol–water partition coefficient (Wildman–Crippen LogP) is 3.74. The van der Waals surface area contributed by atoms with Crippen LogP contribution in [0.1, 0.15) is 24.1 Å². The number of nitrogens with one attached hydrogen (secondary N) is 1. The Kier molecular flexibility index (Phi) is 6.60. The van der Waals surface area contributed by atoms with Gasteiger partial charge in [-0.05, 0) is 42.8 Å². The van der Waals surface area contributed by atoms with Crippen LogP contribution in [0.15, 0.2) is 42.5 Å². The Morgan fingerprint density at radius 3 is 2.23 bits per heavy atom. The molecule has 2 rings (SSSR count). The van der Waals surface area contributed by atoms with Crippen molar-refractivity contribution in [1.29, 1.82) is 0 Å². The van der Waals surface area contributed by atoms with Crippen LogP contribution in [0.5, 0.6) is 17.2 Å². The van der Waals surface area contributed by atoms with Gasteiger partial charge in [-0.15, -0.1) is 0 Å². The van der Waals surface area contributed by atoms with Crippen LogP contribution in [-0.2, 0) is 4.79 Å². The van der Waals surface area contributed by atoms with E-state index < -0.39 is 0 Å². The second-order valence-electron chi connectivity index (χ2n) is 5.54. The number of benzene rings is 2. The van der Waals surface area contributed by atoms with E-state index in [2.05, 4.69) is 5.32 Å². The zero-order chi connectivity index (χ0) is 19.1. The Hall–Kier alpha value is -3.02. The van der Waals surface area contributed by atoms with Crippen LogP contribution in [0.4, 0.5) is 4.39 Å². The zero-order valence-corrected chi connectivity index (χ0v) is 15.2. The SMILES string of the molecule is COc1ccc(/C=C/C(=O)N[C@@H](C)c2ccc(F)cc2)c(OC)c1OC. The van der Waals surface area contributed by atoms with Gasteiger partial charge in [0.1, 0.15) is 5.82 Å². The summed E-state index contributed by atoms with van der Waals surface area (Å²) in [7, 11) is 4.58. The molecule has 0 heterocycles. The van der Waals surface area contributed by atoms with Crippen LogP contribution in [0.3, 0.4) is 0 Å². The third-order valence-electron chi connectivity index (χ3n) is 3.88. The molecule has 138 valence electrons. The monoisotopic (exact) mass is 359 g/mol. The molecule has 2 aromatic rings. The quantitative estimate of drug-likeness (QED) is 0.765. The van der Waals surface area contributed by atoms with Crippen LogP contribution >= 0.6 is 0 Å². The number of hydrogen-bond donors (Lipinski definition) is 1. The molecule has 6 heteroatoms. The van der Waals surface area contributed by atoms with Crippen molar-refractivity contribution in [2.75, 3.05) is 21.3 Å². The lowest BCUT2D eigenvalue weighted by Crippen LogP contribution is -2.24. The summed E-state index contributed by atoms with van der Waals surface area (Å²) in [6, 6.07) is 9.26. The maximum absolute atomic E-state index is 13.0. The number of halogens is 1. The van der Waals surface area contributed by atoms with Gasteiger partial charge >= 0.3 is 0 Å². The maximum Gasteiger partial charge on any atom is 0.244 e. The number of rotatable bonds is 7. The molecule has 5 nitrogen and oxygen atoms in total. The van der Waals surface area contributed by atoms with E-state index in [4.69, 9.17) is 14.2 Å². The second-order valence-corrected chi connectivity index (χ2v) is 5.54. The molecule has 0 aromatic heterocycles. The van der Waals surface area contributed by atoms with Crippen molar-refractivity contribution in [1.82, 2.24) is 5.32 Å². The largest absolute Gasteiger partial charge is 0.493 e. The Balaban J connectivity index is 2.13. The van der Waals surface area contributed by atoms with Gasteiger partial charge in [-0.1, -0.05) is 12.1 Å². The van der Waals surface area contributed by atoms with Crippen LogP contribution < -0.4 is 19.5 Å². The maximum atomic E-state index is 13.0. The Labute approximate surface area is 152 Å². The van der Waals surface area contributed by atoms with Crippen molar-refractivity contribution in [3.63, 3.8) is 0 Å². The minimum atomic E-state index is -0.312. The van der Waals surface area contributed by atoms with Gasteiger partial charge in [-0.25, -0.2) is 4.39 Å². The summed E-state index contributed by atoms with van der Waals surface area (Å²) in [6.07, 6.45) is 3.04. The van der Waals surface area contributed by atoms with Crippen molar-refractivity contribution in [2.24, 2.45) is 0 Å². The molecule has 0 bridgehead atoms. The third-order valence-corrected chi connectivity index (χ3v) is 3.88. The van der Waals surface area contributed by atoms with Crippen LogP contribution in [-0.4, -0.2) is 27.2 Å². The first-order valence-corrected chi connectivity index (χ1v) is 8.03. The van der Waals surface area contributed by atoms with Gasteiger partial charge in [-0.2, -0.15) is 0 Å². The zero-order valence-electron chi connectivity index (χ0n) is 15.2. The molecule has 0 aliphatic heterocycles. The summed E-state index contributed by atoms with van der Waals surface area (Å²) in [5, 5.41) is 2.83. The van der Waals surface area contributed by atoms with E-state index in [0.717, 1.165) is 5.56 Å². The van der Waals surface area contributed by atoms with E-state index in [0.29, 0.717) is 22.8 Å². The first-order valence-electron chi connectivity index (χ1n) is 8.03. The molecule has 1 atom stereocenters. The molecule has 0 aliphatic rings. The molecule has 0 fully saturated rings. The fraction of sp³-hybridized carbons (Fsp3) is 0.250. The van der Waals surface area contributed by atoms with Crippen molar-refractivity contribution < 1.29 is 23.4 Å². The first-order chi connectivity index (χ1) is 12.5. The fourth-order valence-electron chi connectivity index (χ4n) is 2.52. The molecule has 1 N–H and O–H groups in total.